The zero-order valence-electron chi connectivity index (χ0n) is 12.2. The van der Waals surface area contributed by atoms with Gasteiger partial charge in [-0.1, -0.05) is 13.0 Å². The van der Waals surface area contributed by atoms with Gasteiger partial charge >= 0.3 is 0 Å². The topological polar surface area (TPSA) is 46.3 Å². The third-order valence-electron chi connectivity index (χ3n) is 3.77. The first kappa shape index (κ1) is 16.6. The number of hydrogen-bond donors (Lipinski definition) is 1. The molecule has 0 fully saturated rings. The molecular formula is C15H22F2N2O. The summed E-state index contributed by atoms with van der Waals surface area (Å²) >= 11 is 0. The molecule has 1 amide bonds. The molecule has 1 unspecified atom stereocenters. The molecule has 0 aromatic heterocycles. The van der Waals surface area contributed by atoms with Crippen molar-refractivity contribution in [1.29, 1.82) is 0 Å². The number of rotatable bonds is 6. The number of carbonyl (C=O) groups is 1. The smallest absolute Gasteiger partial charge is 0.230 e. The van der Waals surface area contributed by atoms with Crippen molar-refractivity contribution in [3.05, 3.63) is 35.4 Å². The highest BCUT2D eigenvalue weighted by atomic mass is 19.2. The minimum absolute atomic E-state index is 0.0604. The average Bonchev–Trinajstić information content (AvgIpc) is 2.46. The van der Waals surface area contributed by atoms with Gasteiger partial charge in [0, 0.05) is 19.6 Å². The van der Waals surface area contributed by atoms with Crippen molar-refractivity contribution in [1.82, 2.24) is 4.90 Å². The predicted molar refractivity (Wildman–Crippen MR) is 74.9 cm³/mol. The molecule has 3 nitrogen and oxygen atoms in total. The minimum atomic E-state index is -0.900. The summed E-state index contributed by atoms with van der Waals surface area (Å²) in [6, 6.07) is 3.68. The molecule has 0 aliphatic carbocycles. The fourth-order valence-electron chi connectivity index (χ4n) is 1.95. The Balaban J connectivity index is 2.91. The number of amides is 1. The standard InChI is InChI=1S/C15H22F2N2O/c1-4-15(3,10-18)14(20)19(5-2)9-11-6-7-12(16)13(17)8-11/h6-8H,4-5,9-10,18H2,1-3H3. The minimum Gasteiger partial charge on any atom is -0.338 e. The first-order chi connectivity index (χ1) is 9.37. The molecule has 0 saturated carbocycles. The van der Waals surface area contributed by atoms with Crippen LogP contribution in [0.1, 0.15) is 32.8 Å². The molecule has 0 bridgehead atoms. The summed E-state index contributed by atoms with van der Waals surface area (Å²) in [6.45, 7) is 6.59. The first-order valence-corrected chi connectivity index (χ1v) is 6.81. The Bertz CT molecular complexity index is 473. The molecule has 0 spiro atoms. The lowest BCUT2D eigenvalue weighted by Crippen LogP contribution is -2.45. The first-order valence-electron chi connectivity index (χ1n) is 6.81. The molecule has 5 heteroatoms. The highest BCUT2D eigenvalue weighted by molar-refractivity contribution is 5.82. The van der Waals surface area contributed by atoms with Crippen molar-refractivity contribution >= 4 is 5.91 Å². The van der Waals surface area contributed by atoms with Crippen LogP contribution >= 0.6 is 0 Å². The number of hydrogen-bond acceptors (Lipinski definition) is 2. The van der Waals surface area contributed by atoms with Crippen LogP contribution in [0.4, 0.5) is 8.78 Å². The van der Waals surface area contributed by atoms with Gasteiger partial charge < -0.3 is 10.6 Å². The summed E-state index contributed by atoms with van der Waals surface area (Å²) < 4.78 is 26.1. The van der Waals surface area contributed by atoms with Crippen LogP contribution in [0.25, 0.3) is 0 Å². The van der Waals surface area contributed by atoms with Gasteiger partial charge in [-0.25, -0.2) is 8.78 Å². The van der Waals surface area contributed by atoms with Gasteiger partial charge in [0.05, 0.1) is 5.41 Å². The number of benzene rings is 1. The number of nitrogens with two attached hydrogens (primary N) is 1. The van der Waals surface area contributed by atoms with E-state index in [2.05, 4.69) is 0 Å². The maximum absolute atomic E-state index is 13.2. The number of halogens is 2. The maximum Gasteiger partial charge on any atom is 0.230 e. The van der Waals surface area contributed by atoms with Crippen LogP contribution in [0.3, 0.4) is 0 Å². The number of nitrogens with zero attached hydrogens (tertiary/aromatic N) is 1. The monoisotopic (exact) mass is 284 g/mol. The largest absolute Gasteiger partial charge is 0.338 e. The summed E-state index contributed by atoms with van der Waals surface area (Å²) in [5.74, 6) is -1.85. The van der Waals surface area contributed by atoms with Crippen LogP contribution in [0.2, 0.25) is 0 Å². The van der Waals surface area contributed by atoms with Gasteiger partial charge in [0.1, 0.15) is 0 Å². The third kappa shape index (κ3) is 3.54. The normalized spacial score (nSPS) is 13.9. The Morgan fingerprint density at radius 1 is 1.30 bits per heavy atom. The maximum atomic E-state index is 13.2. The second-order valence-electron chi connectivity index (χ2n) is 5.19. The molecule has 1 aromatic carbocycles. The Kier molecular flexibility index (Phi) is 5.62. The van der Waals surface area contributed by atoms with Crippen molar-refractivity contribution in [2.24, 2.45) is 11.1 Å². The molecule has 0 aliphatic heterocycles. The van der Waals surface area contributed by atoms with Crippen molar-refractivity contribution < 1.29 is 13.6 Å². The predicted octanol–water partition coefficient (Wildman–Crippen LogP) is 2.69. The van der Waals surface area contributed by atoms with E-state index in [4.69, 9.17) is 5.73 Å². The fraction of sp³-hybridized carbons (Fsp3) is 0.533. The van der Waals surface area contributed by atoms with Crippen LogP contribution in [-0.2, 0) is 11.3 Å². The second-order valence-corrected chi connectivity index (χ2v) is 5.19. The molecule has 112 valence electrons. The Labute approximate surface area is 118 Å². The van der Waals surface area contributed by atoms with E-state index >= 15 is 0 Å². The summed E-state index contributed by atoms with van der Waals surface area (Å²) in [6.07, 6.45) is 0.636. The summed E-state index contributed by atoms with van der Waals surface area (Å²) in [7, 11) is 0. The van der Waals surface area contributed by atoms with Crippen LogP contribution in [0, 0.1) is 17.0 Å². The summed E-state index contributed by atoms with van der Waals surface area (Å²) in [4.78, 5) is 14.1. The van der Waals surface area contributed by atoms with Gasteiger partial charge in [-0.3, -0.25) is 4.79 Å². The van der Waals surface area contributed by atoms with Gasteiger partial charge in [-0.2, -0.15) is 0 Å². The van der Waals surface area contributed by atoms with Gasteiger partial charge in [-0.15, -0.1) is 0 Å². The molecule has 0 aliphatic rings. The Hall–Kier alpha value is -1.49. The highest BCUT2D eigenvalue weighted by Gasteiger charge is 2.33. The lowest BCUT2D eigenvalue weighted by atomic mass is 9.86. The molecule has 1 rings (SSSR count). The van der Waals surface area contributed by atoms with Gasteiger partial charge in [0.25, 0.3) is 0 Å². The van der Waals surface area contributed by atoms with E-state index in [1.165, 1.54) is 6.07 Å². The summed E-state index contributed by atoms with van der Waals surface area (Å²) in [5.41, 5.74) is 5.64. The molecular weight excluding hydrogens is 262 g/mol. The molecule has 1 atom stereocenters. The van der Waals surface area contributed by atoms with E-state index in [1.54, 1.807) is 4.90 Å². The molecule has 0 heterocycles. The molecule has 0 radical (unpaired) electrons. The van der Waals surface area contributed by atoms with Crippen molar-refractivity contribution in [3.8, 4) is 0 Å². The van der Waals surface area contributed by atoms with Crippen LogP contribution in [-0.4, -0.2) is 23.9 Å². The van der Waals surface area contributed by atoms with Crippen molar-refractivity contribution in [2.45, 2.75) is 33.7 Å². The van der Waals surface area contributed by atoms with E-state index < -0.39 is 17.0 Å². The zero-order valence-corrected chi connectivity index (χ0v) is 12.2. The van der Waals surface area contributed by atoms with E-state index in [1.807, 2.05) is 20.8 Å². The van der Waals surface area contributed by atoms with E-state index in [0.717, 1.165) is 12.1 Å². The Morgan fingerprint density at radius 2 is 1.95 bits per heavy atom. The molecule has 2 N–H and O–H groups in total. The van der Waals surface area contributed by atoms with Gasteiger partial charge in [0.15, 0.2) is 11.6 Å². The molecule has 0 saturated heterocycles. The van der Waals surface area contributed by atoms with Crippen molar-refractivity contribution in [3.63, 3.8) is 0 Å². The Morgan fingerprint density at radius 3 is 2.40 bits per heavy atom. The van der Waals surface area contributed by atoms with Crippen LogP contribution in [0.5, 0.6) is 0 Å². The lowest BCUT2D eigenvalue weighted by molar-refractivity contribution is -0.141. The number of carbonyl (C=O) groups excluding carboxylic acids is 1. The van der Waals surface area contributed by atoms with Gasteiger partial charge in [0.2, 0.25) is 5.91 Å². The fourth-order valence-corrected chi connectivity index (χ4v) is 1.95. The van der Waals surface area contributed by atoms with Gasteiger partial charge in [-0.05, 0) is 38.0 Å². The second kappa shape index (κ2) is 6.79. The van der Waals surface area contributed by atoms with E-state index in [9.17, 15) is 13.6 Å². The SMILES string of the molecule is CCN(Cc1ccc(F)c(F)c1)C(=O)C(C)(CC)CN. The average molecular weight is 284 g/mol. The quantitative estimate of drug-likeness (QED) is 0.873. The molecule has 1 aromatic rings. The zero-order chi connectivity index (χ0) is 15.3. The highest BCUT2D eigenvalue weighted by Crippen LogP contribution is 2.24. The third-order valence-corrected chi connectivity index (χ3v) is 3.77. The summed E-state index contributed by atoms with van der Waals surface area (Å²) in [5, 5.41) is 0. The van der Waals surface area contributed by atoms with E-state index in [0.29, 0.717) is 18.5 Å². The van der Waals surface area contributed by atoms with Crippen LogP contribution < -0.4 is 5.73 Å². The van der Waals surface area contributed by atoms with Crippen molar-refractivity contribution in [2.75, 3.05) is 13.1 Å². The lowest BCUT2D eigenvalue weighted by Gasteiger charge is -2.32. The van der Waals surface area contributed by atoms with E-state index in [-0.39, 0.29) is 19.0 Å². The molecule has 20 heavy (non-hydrogen) atoms. The van der Waals surface area contributed by atoms with Crippen LogP contribution in [0.15, 0.2) is 18.2 Å².